The number of fused-ring (bicyclic) bond motifs is 5. The Morgan fingerprint density at radius 3 is 1.36 bits per heavy atom. The maximum absolute atomic E-state index is 5.56. The van der Waals surface area contributed by atoms with Crippen LogP contribution in [0.3, 0.4) is 0 Å². The highest BCUT2D eigenvalue weighted by molar-refractivity contribution is 6.27. The molecule has 0 spiro atoms. The van der Waals surface area contributed by atoms with Crippen molar-refractivity contribution < 1.29 is 0 Å². The Hall–Kier alpha value is -7.50. The Morgan fingerprint density at radius 2 is 0.800 bits per heavy atom. The fourth-order valence-corrected chi connectivity index (χ4v) is 7.50. The zero-order valence-electron chi connectivity index (χ0n) is 29.8. The number of aromatic nitrogens is 4. The molecule has 0 aliphatic heterocycles. The molecule has 0 N–H and O–H groups in total. The predicted octanol–water partition coefficient (Wildman–Crippen LogP) is 12.9. The van der Waals surface area contributed by atoms with E-state index in [1.165, 1.54) is 0 Å². The van der Waals surface area contributed by atoms with Gasteiger partial charge < -0.3 is 4.90 Å². The first-order valence-electron chi connectivity index (χ1n) is 18.4. The number of hydrogen-bond donors (Lipinski definition) is 0. The number of anilines is 3. The van der Waals surface area contributed by atoms with Crippen molar-refractivity contribution in [1.82, 2.24) is 19.9 Å². The molecule has 0 fully saturated rings. The highest BCUT2D eigenvalue weighted by Gasteiger charge is 2.23. The number of nitrogens with zero attached hydrogens (tertiary/aromatic N) is 5. The SMILES string of the molecule is c1ccc(-c2nc(-c3ccccc3)nc(-c3ccc4c(c3)nc(-c3ccccc3)c3c(N(c5ccccc5)c5ccccc5)cc5ccccc5c34)n2)cc1. The van der Waals surface area contributed by atoms with Crippen LogP contribution in [0, 0.1) is 0 Å². The van der Waals surface area contributed by atoms with E-state index in [1.807, 2.05) is 60.7 Å². The van der Waals surface area contributed by atoms with Crippen molar-refractivity contribution in [2.45, 2.75) is 0 Å². The minimum Gasteiger partial charge on any atom is -0.310 e. The molecule has 258 valence electrons. The van der Waals surface area contributed by atoms with Gasteiger partial charge in [-0.15, -0.1) is 0 Å². The van der Waals surface area contributed by atoms with Gasteiger partial charge in [0.25, 0.3) is 0 Å². The number of para-hydroxylation sites is 2. The molecule has 55 heavy (non-hydrogen) atoms. The first-order chi connectivity index (χ1) is 27.3. The highest BCUT2D eigenvalue weighted by Crippen LogP contribution is 2.47. The molecule has 0 amide bonds. The summed E-state index contributed by atoms with van der Waals surface area (Å²) in [7, 11) is 0. The topological polar surface area (TPSA) is 54.8 Å². The number of hydrogen-bond acceptors (Lipinski definition) is 5. The lowest BCUT2D eigenvalue weighted by atomic mass is 9.92. The first-order valence-corrected chi connectivity index (χ1v) is 18.4. The van der Waals surface area contributed by atoms with Crippen molar-refractivity contribution in [2.75, 3.05) is 4.90 Å². The lowest BCUT2D eigenvalue weighted by Crippen LogP contribution is -2.11. The van der Waals surface area contributed by atoms with Crippen LogP contribution in [-0.4, -0.2) is 19.9 Å². The van der Waals surface area contributed by atoms with Gasteiger partial charge in [-0.3, -0.25) is 0 Å². The average molecular weight is 704 g/mol. The van der Waals surface area contributed by atoms with Gasteiger partial charge in [-0.2, -0.15) is 0 Å². The molecule has 0 bridgehead atoms. The van der Waals surface area contributed by atoms with E-state index in [1.54, 1.807) is 0 Å². The van der Waals surface area contributed by atoms with Crippen molar-refractivity contribution in [1.29, 1.82) is 0 Å². The molecule has 2 aromatic heterocycles. The van der Waals surface area contributed by atoms with Gasteiger partial charge in [-0.1, -0.05) is 164 Å². The van der Waals surface area contributed by atoms with Crippen LogP contribution in [-0.2, 0) is 0 Å². The van der Waals surface area contributed by atoms with Gasteiger partial charge >= 0.3 is 0 Å². The van der Waals surface area contributed by atoms with Crippen LogP contribution in [0.2, 0.25) is 0 Å². The van der Waals surface area contributed by atoms with Gasteiger partial charge in [0, 0.05) is 49.8 Å². The summed E-state index contributed by atoms with van der Waals surface area (Å²) in [5.41, 5.74) is 8.72. The lowest BCUT2D eigenvalue weighted by molar-refractivity contribution is 1.07. The van der Waals surface area contributed by atoms with E-state index in [2.05, 4.69) is 144 Å². The first kappa shape index (κ1) is 32.2. The van der Waals surface area contributed by atoms with Crippen molar-refractivity contribution in [3.05, 3.63) is 200 Å². The average Bonchev–Trinajstić information content (AvgIpc) is 3.27. The van der Waals surface area contributed by atoms with E-state index < -0.39 is 0 Å². The Morgan fingerprint density at radius 1 is 0.327 bits per heavy atom. The largest absolute Gasteiger partial charge is 0.310 e. The van der Waals surface area contributed by atoms with Crippen molar-refractivity contribution in [3.63, 3.8) is 0 Å². The molecule has 8 aromatic carbocycles. The van der Waals surface area contributed by atoms with Gasteiger partial charge in [-0.05, 0) is 47.2 Å². The van der Waals surface area contributed by atoms with Crippen LogP contribution in [0.4, 0.5) is 17.1 Å². The Kier molecular flexibility index (Phi) is 8.08. The van der Waals surface area contributed by atoms with Crippen molar-refractivity contribution in [3.8, 4) is 45.4 Å². The van der Waals surface area contributed by atoms with Gasteiger partial charge in [0.15, 0.2) is 17.5 Å². The smallest absolute Gasteiger partial charge is 0.164 e. The third kappa shape index (κ3) is 5.94. The number of benzene rings is 8. The van der Waals surface area contributed by atoms with Crippen LogP contribution in [0.5, 0.6) is 0 Å². The number of pyridine rings is 1. The fourth-order valence-electron chi connectivity index (χ4n) is 7.50. The molecule has 5 nitrogen and oxygen atoms in total. The molecule has 0 aliphatic rings. The standard InChI is InChI=1S/C50H33N5/c1-6-18-34(19-7-1)47-46-44(55(39-25-12-4-13-26-39)40-27-14-5-15-28-40)33-37-24-16-17-29-41(37)45(46)42-31-30-38(32-43(42)51-47)50-53-48(35-20-8-2-9-21-35)52-49(54-50)36-22-10-3-11-23-36/h1-33H. The molecule has 10 rings (SSSR count). The molecule has 0 atom stereocenters. The van der Waals surface area contributed by atoms with Crippen LogP contribution in [0.25, 0.3) is 77.9 Å². The zero-order chi connectivity index (χ0) is 36.6. The van der Waals surface area contributed by atoms with Gasteiger partial charge in [0.2, 0.25) is 0 Å². The maximum atomic E-state index is 5.56. The molecule has 0 unspecified atom stereocenters. The molecule has 0 radical (unpaired) electrons. The lowest BCUT2D eigenvalue weighted by Gasteiger charge is -2.28. The Bertz CT molecular complexity index is 2860. The second kappa shape index (κ2) is 13.8. The summed E-state index contributed by atoms with van der Waals surface area (Å²) >= 11 is 0. The third-order valence-corrected chi connectivity index (χ3v) is 10.0. The summed E-state index contributed by atoms with van der Waals surface area (Å²) in [6, 6.07) is 69.2. The summed E-state index contributed by atoms with van der Waals surface area (Å²) in [6.45, 7) is 0. The highest BCUT2D eigenvalue weighted by atomic mass is 15.1. The molecule has 0 saturated carbocycles. The van der Waals surface area contributed by atoms with Crippen molar-refractivity contribution >= 4 is 49.5 Å². The van der Waals surface area contributed by atoms with Gasteiger partial charge in [0.05, 0.1) is 16.9 Å². The summed E-state index contributed by atoms with van der Waals surface area (Å²) in [4.78, 5) is 22.9. The van der Waals surface area contributed by atoms with E-state index in [0.29, 0.717) is 17.5 Å². The second-order valence-electron chi connectivity index (χ2n) is 13.5. The Balaban J connectivity index is 1.28. The van der Waals surface area contributed by atoms with E-state index in [4.69, 9.17) is 19.9 Å². The van der Waals surface area contributed by atoms with E-state index in [0.717, 1.165) is 77.5 Å². The van der Waals surface area contributed by atoms with Gasteiger partial charge in [-0.25, -0.2) is 19.9 Å². The predicted molar refractivity (Wildman–Crippen MR) is 227 cm³/mol. The molecule has 5 heteroatoms. The minimum atomic E-state index is 0.593. The summed E-state index contributed by atoms with van der Waals surface area (Å²) in [6.07, 6.45) is 0. The second-order valence-corrected chi connectivity index (χ2v) is 13.5. The fraction of sp³-hybridized carbons (Fsp3) is 0. The maximum Gasteiger partial charge on any atom is 0.164 e. The van der Waals surface area contributed by atoms with Gasteiger partial charge in [0.1, 0.15) is 0 Å². The molecule has 2 heterocycles. The van der Waals surface area contributed by atoms with Crippen LogP contribution >= 0.6 is 0 Å². The summed E-state index contributed by atoms with van der Waals surface area (Å²) in [5, 5.41) is 5.59. The molecular weight excluding hydrogens is 671 g/mol. The monoisotopic (exact) mass is 703 g/mol. The molecular formula is C50H33N5. The van der Waals surface area contributed by atoms with E-state index in [-0.39, 0.29) is 0 Å². The summed E-state index contributed by atoms with van der Waals surface area (Å²) < 4.78 is 0. The molecule has 0 aliphatic carbocycles. The quantitative estimate of drug-likeness (QED) is 0.155. The van der Waals surface area contributed by atoms with Crippen LogP contribution in [0.15, 0.2) is 200 Å². The third-order valence-electron chi connectivity index (χ3n) is 10.0. The molecule has 10 aromatic rings. The van der Waals surface area contributed by atoms with Crippen LogP contribution in [0.1, 0.15) is 0 Å². The van der Waals surface area contributed by atoms with E-state index in [9.17, 15) is 0 Å². The zero-order valence-corrected chi connectivity index (χ0v) is 29.8. The minimum absolute atomic E-state index is 0.593. The normalized spacial score (nSPS) is 11.3. The summed E-state index contributed by atoms with van der Waals surface area (Å²) in [5.74, 6) is 1.84. The molecule has 0 saturated heterocycles. The number of rotatable bonds is 7. The van der Waals surface area contributed by atoms with E-state index >= 15 is 0 Å². The van der Waals surface area contributed by atoms with Crippen molar-refractivity contribution in [2.24, 2.45) is 0 Å². The van der Waals surface area contributed by atoms with Crippen LogP contribution < -0.4 is 4.90 Å². The Labute approximate surface area is 318 Å².